The normalized spacial score (nSPS) is 12.6. The smallest absolute Gasteiger partial charge is 0.323 e. The molecule has 0 aromatic carbocycles. The zero-order chi connectivity index (χ0) is 15.1. The van der Waals surface area contributed by atoms with E-state index in [0.29, 0.717) is 6.54 Å². The standard InChI is InChI=1S/C11H19F2N5O2/c1-4-14-9-16-10(15-5-7(19)8(12)13)18-11(17-9)20-6(2)3/h6-8,19H,4-5H2,1-3H3,(H2,14,15,16,17,18). The average molecular weight is 291 g/mol. The molecule has 1 aromatic heterocycles. The molecule has 0 radical (unpaired) electrons. The first-order chi connectivity index (χ1) is 9.42. The van der Waals surface area contributed by atoms with Gasteiger partial charge in [0.15, 0.2) is 0 Å². The van der Waals surface area contributed by atoms with Crippen molar-refractivity contribution in [2.75, 3.05) is 23.7 Å². The number of nitrogens with zero attached hydrogens (tertiary/aromatic N) is 3. The van der Waals surface area contributed by atoms with Gasteiger partial charge in [0.1, 0.15) is 6.10 Å². The van der Waals surface area contributed by atoms with Crippen LogP contribution in [0, 0.1) is 0 Å². The Morgan fingerprint density at radius 1 is 1.15 bits per heavy atom. The van der Waals surface area contributed by atoms with Crippen LogP contribution >= 0.6 is 0 Å². The minimum Gasteiger partial charge on any atom is -0.461 e. The molecule has 1 rings (SSSR count). The summed E-state index contributed by atoms with van der Waals surface area (Å²) in [7, 11) is 0. The van der Waals surface area contributed by atoms with Crippen LogP contribution < -0.4 is 15.4 Å². The number of aromatic nitrogens is 3. The van der Waals surface area contributed by atoms with Gasteiger partial charge in [-0.3, -0.25) is 0 Å². The molecular formula is C11H19F2N5O2. The van der Waals surface area contributed by atoms with E-state index in [1.54, 1.807) is 0 Å². The predicted octanol–water partition coefficient (Wildman–Crippen LogP) is 1.13. The maximum absolute atomic E-state index is 12.2. The largest absolute Gasteiger partial charge is 0.461 e. The zero-order valence-electron chi connectivity index (χ0n) is 11.6. The number of aliphatic hydroxyl groups is 1. The molecular weight excluding hydrogens is 272 g/mol. The van der Waals surface area contributed by atoms with Crippen LogP contribution in [0.25, 0.3) is 0 Å². The molecule has 9 heteroatoms. The summed E-state index contributed by atoms with van der Waals surface area (Å²) in [5.74, 6) is 0.332. The van der Waals surface area contributed by atoms with E-state index in [0.717, 1.165) is 0 Å². The number of rotatable bonds is 8. The maximum atomic E-state index is 12.2. The van der Waals surface area contributed by atoms with E-state index in [4.69, 9.17) is 9.84 Å². The average Bonchev–Trinajstić information content (AvgIpc) is 2.35. The van der Waals surface area contributed by atoms with Crippen molar-refractivity contribution in [1.29, 1.82) is 0 Å². The highest BCUT2D eigenvalue weighted by molar-refractivity contribution is 5.35. The van der Waals surface area contributed by atoms with Gasteiger partial charge in [0.25, 0.3) is 6.43 Å². The molecule has 1 atom stereocenters. The Morgan fingerprint density at radius 2 is 1.75 bits per heavy atom. The molecule has 0 aliphatic rings. The van der Waals surface area contributed by atoms with Crippen LogP contribution in [0.4, 0.5) is 20.7 Å². The molecule has 0 amide bonds. The summed E-state index contributed by atoms with van der Waals surface area (Å²) in [5, 5.41) is 14.4. The predicted molar refractivity (Wildman–Crippen MR) is 70.3 cm³/mol. The number of hydrogen-bond acceptors (Lipinski definition) is 7. The maximum Gasteiger partial charge on any atom is 0.323 e. The van der Waals surface area contributed by atoms with Crippen LogP contribution in [0.2, 0.25) is 0 Å². The number of aliphatic hydroxyl groups excluding tert-OH is 1. The summed E-state index contributed by atoms with van der Waals surface area (Å²) in [6.07, 6.45) is -4.75. The van der Waals surface area contributed by atoms with E-state index in [1.807, 2.05) is 20.8 Å². The second kappa shape index (κ2) is 7.73. The van der Waals surface area contributed by atoms with Crippen molar-refractivity contribution in [1.82, 2.24) is 15.0 Å². The van der Waals surface area contributed by atoms with Gasteiger partial charge >= 0.3 is 6.01 Å². The molecule has 0 fully saturated rings. The number of nitrogens with one attached hydrogen (secondary N) is 2. The van der Waals surface area contributed by atoms with Crippen molar-refractivity contribution in [2.45, 2.75) is 39.4 Å². The Bertz CT molecular complexity index is 420. The lowest BCUT2D eigenvalue weighted by Gasteiger charge is -2.13. The fraction of sp³-hybridized carbons (Fsp3) is 0.727. The Labute approximate surface area is 115 Å². The molecule has 1 aromatic rings. The topological polar surface area (TPSA) is 92.2 Å². The second-order valence-electron chi connectivity index (χ2n) is 4.24. The monoisotopic (exact) mass is 291 g/mol. The SMILES string of the molecule is CCNc1nc(NCC(O)C(F)F)nc(OC(C)C)n1. The van der Waals surface area contributed by atoms with Gasteiger partial charge in [-0.25, -0.2) is 8.78 Å². The highest BCUT2D eigenvalue weighted by Crippen LogP contribution is 2.13. The van der Waals surface area contributed by atoms with Crippen LogP contribution in [0.15, 0.2) is 0 Å². The molecule has 0 saturated carbocycles. The van der Waals surface area contributed by atoms with Crippen molar-refractivity contribution in [3.8, 4) is 6.01 Å². The summed E-state index contributed by atoms with van der Waals surface area (Å²) in [6, 6.07) is 0.0833. The van der Waals surface area contributed by atoms with E-state index in [-0.39, 0.29) is 30.6 Å². The van der Waals surface area contributed by atoms with Gasteiger partial charge in [-0.1, -0.05) is 0 Å². The van der Waals surface area contributed by atoms with Crippen molar-refractivity contribution >= 4 is 11.9 Å². The summed E-state index contributed by atoms with van der Waals surface area (Å²) in [6.45, 7) is 5.70. The molecule has 0 spiro atoms. The van der Waals surface area contributed by atoms with Crippen LogP contribution in [0.3, 0.4) is 0 Å². The minimum absolute atomic E-state index is 0.0614. The summed E-state index contributed by atoms with van der Waals surface area (Å²) in [4.78, 5) is 11.9. The Balaban J connectivity index is 2.79. The summed E-state index contributed by atoms with van der Waals surface area (Å²) < 4.78 is 29.7. The summed E-state index contributed by atoms with van der Waals surface area (Å²) >= 11 is 0. The minimum atomic E-state index is -2.83. The first-order valence-electron chi connectivity index (χ1n) is 6.29. The Kier molecular flexibility index (Phi) is 6.29. The van der Waals surface area contributed by atoms with Gasteiger partial charge in [-0.2, -0.15) is 15.0 Å². The fourth-order valence-electron chi connectivity index (χ4n) is 1.22. The van der Waals surface area contributed by atoms with Gasteiger partial charge in [0, 0.05) is 13.1 Å². The first-order valence-corrected chi connectivity index (χ1v) is 6.29. The molecule has 3 N–H and O–H groups in total. The molecule has 0 bridgehead atoms. The van der Waals surface area contributed by atoms with Crippen LogP contribution in [0.5, 0.6) is 6.01 Å². The van der Waals surface area contributed by atoms with Gasteiger partial charge < -0.3 is 20.5 Å². The fourth-order valence-corrected chi connectivity index (χ4v) is 1.22. The number of ether oxygens (including phenoxy) is 1. The van der Waals surface area contributed by atoms with Crippen molar-refractivity contribution in [2.24, 2.45) is 0 Å². The van der Waals surface area contributed by atoms with Crippen LogP contribution in [-0.2, 0) is 0 Å². The van der Waals surface area contributed by atoms with E-state index in [2.05, 4.69) is 25.6 Å². The van der Waals surface area contributed by atoms with Crippen LogP contribution in [0.1, 0.15) is 20.8 Å². The van der Waals surface area contributed by atoms with Gasteiger partial charge in [0.05, 0.1) is 6.10 Å². The molecule has 114 valence electrons. The molecule has 20 heavy (non-hydrogen) atoms. The van der Waals surface area contributed by atoms with E-state index in [9.17, 15) is 8.78 Å². The zero-order valence-corrected chi connectivity index (χ0v) is 11.6. The Morgan fingerprint density at radius 3 is 2.25 bits per heavy atom. The van der Waals surface area contributed by atoms with E-state index >= 15 is 0 Å². The number of hydrogen-bond donors (Lipinski definition) is 3. The van der Waals surface area contributed by atoms with E-state index < -0.39 is 12.5 Å². The van der Waals surface area contributed by atoms with Crippen LogP contribution in [-0.4, -0.2) is 51.8 Å². The third-order valence-corrected chi connectivity index (χ3v) is 2.05. The van der Waals surface area contributed by atoms with Gasteiger partial charge in [-0.05, 0) is 20.8 Å². The highest BCUT2D eigenvalue weighted by atomic mass is 19.3. The van der Waals surface area contributed by atoms with Gasteiger partial charge in [0.2, 0.25) is 11.9 Å². The molecule has 0 aliphatic carbocycles. The third kappa shape index (κ3) is 5.47. The lowest BCUT2D eigenvalue weighted by Crippen LogP contribution is -2.27. The molecule has 0 saturated heterocycles. The Hall–Kier alpha value is -1.77. The number of alkyl halides is 2. The lowest BCUT2D eigenvalue weighted by molar-refractivity contribution is 0.00376. The number of anilines is 2. The highest BCUT2D eigenvalue weighted by Gasteiger charge is 2.17. The van der Waals surface area contributed by atoms with Crippen molar-refractivity contribution in [3.63, 3.8) is 0 Å². The first kappa shape index (κ1) is 16.3. The molecule has 1 unspecified atom stereocenters. The molecule has 0 aliphatic heterocycles. The lowest BCUT2D eigenvalue weighted by atomic mass is 10.4. The molecule has 7 nitrogen and oxygen atoms in total. The summed E-state index contributed by atoms with van der Waals surface area (Å²) in [5.41, 5.74) is 0. The number of halogens is 2. The van der Waals surface area contributed by atoms with Crippen molar-refractivity contribution in [3.05, 3.63) is 0 Å². The van der Waals surface area contributed by atoms with E-state index in [1.165, 1.54) is 0 Å². The molecule has 1 heterocycles. The van der Waals surface area contributed by atoms with Gasteiger partial charge in [-0.15, -0.1) is 0 Å². The second-order valence-corrected chi connectivity index (χ2v) is 4.24. The third-order valence-electron chi connectivity index (χ3n) is 2.05. The quantitative estimate of drug-likeness (QED) is 0.661. The van der Waals surface area contributed by atoms with Crippen molar-refractivity contribution < 1.29 is 18.6 Å².